The molecule has 1 aromatic carbocycles. The molecule has 2 aromatic rings. The smallest absolute Gasteiger partial charge is 0.383 e. The van der Waals surface area contributed by atoms with Gasteiger partial charge in [0.1, 0.15) is 5.82 Å². The first-order valence-corrected chi connectivity index (χ1v) is 5.72. The minimum atomic E-state index is -4.43. The summed E-state index contributed by atoms with van der Waals surface area (Å²) in [6.07, 6.45) is -3.13. The van der Waals surface area contributed by atoms with E-state index in [9.17, 15) is 18.0 Å². The first-order valence-electron chi connectivity index (χ1n) is 5.72. The van der Waals surface area contributed by atoms with Crippen molar-refractivity contribution in [2.24, 2.45) is 7.05 Å². The Morgan fingerprint density at radius 2 is 1.95 bits per heavy atom. The molecule has 1 heterocycles. The molecular weight excluding hydrogens is 271 g/mol. The number of rotatable bonds is 2. The van der Waals surface area contributed by atoms with Crippen LogP contribution in [-0.4, -0.2) is 15.6 Å². The molecular formula is C13H12F3N3O. The highest BCUT2D eigenvalue weighted by Crippen LogP contribution is 2.31. The van der Waals surface area contributed by atoms with E-state index in [0.717, 1.165) is 18.2 Å². The Labute approximate surface area is 113 Å². The molecule has 7 heteroatoms. The molecule has 0 aliphatic carbocycles. The highest BCUT2D eigenvalue weighted by atomic mass is 19.4. The van der Waals surface area contributed by atoms with E-state index in [-0.39, 0.29) is 22.5 Å². The second kappa shape index (κ2) is 4.66. The van der Waals surface area contributed by atoms with Gasteiger partial charge in [-0.25, -0.2) is 0 Å². The number of nitrogens with zero attached hydrogens (tertiary/aromatic N) is 2. The summed E-state index contributed by atoms with van der Waals surface area (Å²) in [6.45, 7) is 1.45. The molecule has 2 N–H and O–H groups in total. The lowest BCUT2D eigenvalue weighted by Gasteiger charge is -2.10. The van der Waals surface area contributed by atoms with Crippen LogP contribution in [0.2, 0.25) is 0 Å². The van der Waals surface area contributed by atoms with Crippen LogP contribution in [0.15, 0.2) is 24.4 Å². The normalized spacial score (nSPS) is 11.7. The van der Waals surface area contributed by atoms with E-state index in [1.165, 1.54) is 17.8 Å². The number of carbonyl (C=O) groups excluding carboxylic acids is 1. The number of hydrogen-bond acceptors (Lipinski definition) is 3. The van der Waals surface area contributed by atoms with Gasteiger partial charge in [0.15, 0.2) is 5.78 Å². The lowest BCUT2D eigenvalue weighted by atomic mass is 9.98. The van der Waals surface area contributed by atoms with Crippen LogP contribution in [0, 0.1) is 6.92 Å². The van der Waals surface area contributed by atoms with E-state index in [2.05, 4.69) is 5.10 Å². The summed E-state index contributed by atoms with van der Waals surface area (Å²) >= 11 is 0. The Kier molecular flexibility index (Phi) is 3.29. The summed E-state index contributed by atoms with van der Waals surface area (Å²) < 4.78 is 39.0. The van der Waals surface area contributed by atoms with Crippen LogP contribution in [0.3, 0.4) is 0 Å². The van der Waals surface area contributed by atoms with Crippen LogP contribution in [0.4, 0.5) is 19.0 Å². The number of aryl methyl sites for hydroxylation is 2. The molecule has 0 unspecified atom stereocenters. The average molecular weight is 283 g/mol. The summed E-state index contributed by atoms with van der Waals surface area (Å²) in [5.41, 5.74) is 5.50. The van der Waals surface area contributed by atoms with Gasteiger partial charge in [0.05, 0.1) is 17.3 Å². The number of hydrogen-bond donors (Lipinski definition) is 1. The molecule has 0 spiro atoms. The molecule has 106 valence electrons. The lowest BCUT2D eigenvalue weighted by molar-refractivity contribution is -0.137. The van der Waals surface area contributed by atoms with Crippen molar-refractivity contribution in [2.45, 2.75) is 13.1 Å². The fourth-order valence-corrected chi connectivity index (χ4v) is 1.86. The Balaban J connectivity index is 2.44. The molecule has 4 nitrogen and oxygen atoms in total. The second-order valence-electron chi connectivity index (χ2n) is 4.42. The van der Waals surface area contributed by atoms with Crippen LogP contribution in [0.5, 0.6) is 0 Å². The number of nitrogens with two attached hydrogens (primary N) is 1. The number of carbonyl (C=O) groups is 1. The predicted molar refractivity (Wildman–Crippen MR) is 67.2 cm³/mol. The van der Waals surface area contributed by atoms with Crippen molar-refractivity contribution in [1.29, 1.82) is 0 Å². The first-order chi connectivity index (χ1) is 9.21. The molecule has 0 fully saturated rings. The van der Waals surface area contributed by atoms with Crippen LogP contribution in [-0.2, 0) is 13.2 Å². The standard InChI is InChI=1S/C13H12F3N3O/c1-7-5-8(13(14,15)16)3-4-9(7)11(20)10-6-18-19(2)12(10)17/h3-6H,17H2,1-2H3. The molecule has 0 saturated carbocycles. The van der Waals surface area contributed by atoms with Gasteiger partial charge in [-0.1, -0.05) is 6.07 Å². The van der Waals surface area contributed by atoms with E-state index in [0.29, 0.717) is 0 Å². The zero-order valence-electron chi connectivity index (χ0n) is 10.8. The number of ketones is 1. The molecule has 0 amide bonds. The fraction of sp³-hybridized carbons (Fsp3) is 0.231. The SMILES string of the molecule is Cc1cc(C(F)(F)F)ccc1C(=O)c1cnn(C)c1N. The first kappa shape index (κ1) is 14.1. The summed E-state index contributed by atoms with van der Waals surface area (Å²) in [6, 6.07) is 2.99. The van der Waals surface area contributed by atoms with Gasteiger partial charge >= 0.3 is 6.18 Å². The number of benzene rings is 1. The summed E-state index contributed by atoms with van der Waals surface area (Å²) in [4.78, 5) is 12.2. The third-order valence-corrected chi connectivity index (χ3v) is 3.03. The minimum Gasteiger partial charge on any atom is -0.383 e. The monoisotopic (exact) mass is 283 g/mol. The van der Waals surface area contributed by atoms with E-state index in [1.807, 2.05) is 0 Å². The van der Waals surface area contributed by atoms with Gasteiger partial charge in [0.25, 0.3) is 0 Å². The molecule has 20 heavy (non-hydrogen) atoms. The summed E-state index contributed by atoms with van der Waals surface area (Å²) in [5.74, 6) is -0.267. The number of halogens is 3. The molecule has 0 bridgehead atoms. The zero-order chi connectivity index (χ0) is 15.1. The van der Waals surface area contributed by atoms with Crippen molar-refractivity contribution in [3.05, 3.63) is 46.6 Å². The van der Waals surface area contributed by atoms with E-state index < -0.39 is 17.5 Å². The molecule has 0 aliphatic rings. The molecule has 0 atom stereocenters. The van der Waals surface area contributed by atoms with Gasteiger partial charge in [0, 0.05) is 12.6 Å². The number of alkyl halides is 3. The van der Waals surface area contributed by atoms with Crippen molar-refractivity contribution in [2.75, 3.05) is 5.73 Å². The average Bonchev–Trinajstić information content (AvgIpc) is 2.68. The molecule has 0 aliphatic heterocycles. The van der Waals surface area contributed by atoms with Crippen LogP contribution in [0.25, 0.3) is 0 Å². The molecule has 2 rings (SSSR count). The van der Waals surface area contributed by atoms with Gasteiger partial charge in [-0.2, -0.15) is 18.3 Å². The summed E-state index contributed by atoms with van der Waals surface area (Å²) in [7, 11) is 1.58. The van der Waals surface area contributed by atoms with Crippen molar-refractivity contribution < 1.29 is 18.0 Å². The van der Waals surface area contributed by atoms with Gasteiger partial charge in [-0.3, -0.25) is 9.48 Å². The molecule has 0 saturated heterocycles. The fourth-order valence-electron chi connectivity index (χ4n) is 1.86. The highest BCUT2D eigenvalue weighted by Gasteiger charge is 2.31. The number of anilines is 1. The third-order valence-electron chi connectivity index (χ3n) is 3.03. The Morgan fingerprint density at radius 3 is 2.40 bits per heavy atom. The van der Waals surface area contributed by atoms with E-state index >= 15 is 0 Å². The topological polar surface area (TPSA) is 60.9 Å². The summed E-state index contributed by atoms with van der Waals surface area (Å²) in [5, 5.41) is 3.84. The minimum absolute atomic E-state index is 0.175. The Hall–Kier alpha value is -2.31. The van der Waals surface area contributed by atoms with Crippen LogP contribution < -0.4 is 5.73 Å². The van der Waals surface area contributed by atoms with Gasteiger partial charge in [0.2, 0.25) is 0 Å². The second-order valence-corrected chi connectivity index (χ2v) is 4.42. The highest BCUT2D eigenvalue weighted by molar-refractivity contribution is 6.12. The van der Waals surface area contributed by atoms with E-state index in [4.69, 9.17) is 5.73 Å². The third kappa shape index (κ3) is 2.38. The number of aromatic nitrogens is 2. The number of nitrogen functional groups attached to an aromatic ring is 1. The van der Waals surface area contributed by atoms with Gasteiger partial charge in [-0.05, 0) is 24.6 Å². The largest absolute Gasteiger partial charge is 0.416 e. The predicted octanol–water partition coefficient (Wildman–Crippen LogP) is 2.56. The van der Waals surface area contributed by atoms with Crippen molar-refractivity contribution in [1.82, 2.24) is 9.78 Å². The maximum atomic E-state index is 12.6. The van der Waals surface area contributed by atoms with Crippen LogP contribution >= 0.6 is 0 Å². The maximum absolute atomic E-state index is 12.6. The molecule has 0 radical (unpaired) electrons. The lowest BCUT2D eigenvalue weighted by Crippen LogP contribution is -2.10. The molecule has 1 aromatic heterocycles. The van der Waals surface area contributed by atoms with Crippen molar-refractivity contribution in [3.8, 4) is 0 Å². The van der Waals surface area contributed by atoms with E-state index in [1.54, 1.807) is 7.05 Å². The van der Waals surface area contributed by atoms with Crippen molar-refractivity contribution >= 4 is 11.6 Å². The maximum Gasteiger partial charge on any atom is 0.416 e. The van der Waals surface area contributed by atoms with Gasteiger partial charge < -0.3 is 5.73 Å². The Morgan fingerprint density at radius 1 is 1.30 bits per heavy atom. The zero-order valence-corrected chi connectivity index (χ0v) is 10.8. The van der Waals surface area contributed by atoms with Gasteiger partial charge in [-0.15, -0.1) is 0 Å². The Bertz CT molecular complexity index is 674. The van der Waals surface area contributed by atoms with Crippen LogP contribution in [0.1, 0.15) is 27.0 Å². The quantitative estimate of drug-likeness (QED) is 0.862. The van der Waals surface area contributed by atoms with Crippen molar-refractivity contribution in [3.63, 3.8) is 0 Å².